The van der Waals surface area contributed by atoms with Gasteiger partial charge in [0.15, 0.2) is 0 Å². The van der Waals surface area contributed by atoms with Gasteiger partial charge in [0.1, 0.15) is 0 Å². The van der Waals surface area contributed by atoms with Gasteiger partial charge in [-0.1, -0.05) is 45.7 Å². The predicted molar refractivity (Wildman–Crippen MR) is 82.9 cm³/mol. The van der Waals surface area contributed by atoms with Crippen molar-refractivity contribution in [3.05, 3.63) is 63.6 Å². The van der Waals surface area contributed by atoms with Crippen LogP contribution in [-0.2, 0) is 0 Å². The fourth-order valence-electron chi connectivity index (χ4n) is 1.86. The van der Waals surface area contributed by atoms with Crippen molar-refractivity contribution in [2.75, 3.05) is 11.4 Å². The molecule has 0 unspecified atom stereocenters. The summed E-state index contributed by atoms with van der Waals surface area (Å²) in [4.78, 5) is 14.3. The van der Waals surface area contributed by atoms with Crippen molar-refractivity contribution < 1.29 is 4.79 Å². The molecule has 2 rings (SSSR count). The molecule has 0 aromatic heterocycles. The van der Waals surface area contributed by atoms with Gasteiger partial charge in [-0.05, 0) is 37.3 Å². The van der Waals surface area contributed by atoms with Crippen LogP contribution in [0.4, 0.5) is 5.69 Å². The van der Waals surface area contributed by atoms with Gasteiger partial charge >= 0.3 is 0 Å². The van der Waals surface area contributed by atoms with E-state index in [2.05, 4.69) is 15.9 Å². The topological polar surface area (TPSA) is 20.3 Å². The van der Waals surface area contributed by atoms with E-state index in [0.717, 1.165) is 10.2 Å². The average molecular weight is 339 g/mol. The number of carbonyl (C=O) groups excluding carboxylic acids is 1. The number of hydrogen-bond donors (Lipinski definition) is 0. The number of halogens is 2. The molecule has 1 amide bonds. The summed E-state index contributed by atoms with van der Waals surface area (Å²) in [6, 6.07) is 14.8. The van der Waals surface area contributed by atoms with E-state index in [1.165, 1.54) is 0 Å². The van der Waals surface area contributed by atoms with Crippen LogP contribution in [0.5, 0.6) is 0 Å². The van der Waals surface area contributed by atoms with Crippen LogP contribution in [0, 0.1) is 0 Å². The maximum atomic E-state index is 12.6. The number of hydrogen-bond acceptors (Lipinski definition) is 1. The molecule has 0 saturated carbocycles. The summed E-state index contributed by atoms with van der Waals surface area (Å²) in [6.07, 6.45) is 0. The van der Waals surface area contributed by atoms with Crippen molar-refractivity contribution in [3.63, 3.8) is 0 Å². The second kappa shape index (κ2) is 6.22. The quantitative estimate of drug-likeness (QED) is 0.789. The molecule has 19 heavy (non-hydrogen) atoms. The van der Waals surface area contributed by atoms with E-state index in [9.17, 15) is 4.79 Å². The van der Waals surface area contributed by atoms with Crippen molar-refractivity contribution in [1.29, 1.82) is 0 Å². The van der Waals surface area contributed by atoms with Crippen LogP contribution in [0.2, 0.25) is 5.02 Å². The third-order valence-corrected chi connectivity index (χ3v) is 3.61. The highest BCUT2D eigenvalue weighted by atomic mass is 79.9. The van der Waals surface area contributed by atoms with Crippen molar-refractivity contribution in [1.82, 2.24) is 0 Å². The first-order valence-electron chi connectivity index (χ1n) is 5.95. The number of benzene rings is 2. The van der Waals surface area contributed by atoms with Crippen LogP contribution in [-0.4, -0.2) is 12.5 Å². The minimum Gasteiger partial charge on any atom is -0.309 e. The predicted octanol–water partition coefficient (Wildman–Crippen LogP) is 4.77. The first-order chi connectivity index (χ1) is 9.13. The summed E-state index contributed by atoms with van der Waals surface area (Å²) in [6.45, 7) is 2.53. The third kappa shape index (κ3) is 3.17. The second-order valence-corrected chi connectivity index (χ2v) is 5.33. The lowest BCUT2D eigenvalue weighted by atomic mass is 10.1. The summed E-state index contributed by atoms with van der Waals surface area (Å²) >= 11 is 9.47. The SMILES string of the molecule is CCN(C(=O)c1cc(Br)ccc1Cl)c1ccccc1. The molecule has 0 fully saturated rings. The van der Waals surface area contributed by atoms with Crippen LogP contribution >= 0.6 is 27.5 Å². The molecule has 0 spiro atoms. The number of amides is 1. The zero-order valence-corrected chi connectivity index (χ0v) is 12.8. The maximum absolute atomic E-state index is 12.6. The largest absolute Gasteiger partial charge is 0.309 e. The van der Waals surface area contributed by atoms with Crippen molar-refractivity contribution >= 4 is 39.1 Å². The molecule has 0 aliphatic heterocycles. The number of anilines is 1. The van der Waals surface area contributed by atoms with E-state index >= 15 is 0 Å². The third-order valence-electron chi connectivity index (χ3n) is 2.79. The Morgan fingerprint density at radius 2 is 1.89 bits per heavy atom. The molecule has 4 heteroatoms. The first-order valence-corrected chi connectivity index (χ1v) is 7.12. The van der Waals surface area contributed by atoms with Gasteiger partial charge in [0.25, 0.3) is 5.91 Å². The first kappa shape index (κ1) is 14.1. The van der Waals surface area contributed by atoms with Crippen LogP contribution in [0.3, 0.4) is 0 Å². The number of carbonyl (C=O) groups is 1. The molecule has 2 aromatic rings. The second-order valence-electron chi connectivity index (χ2n) is 4.01. The summed E-state index contributed by atoms with van der Waals surface area (Å²) in [5.41, 5.74) is 1.37. The lowest BCUT2D eigenvalue weighted by molar-refractivity contribution is 0.0988. The summed E-state index contributed by atoms with van der Waals surface area (Å²) < 4.78 is 0.837. The van der Waals surface area contributed by atoms with E-state index in [1.54, 1.807) is 17.0 Å². The summed E-state index contributed by atoms with van der Waals surface area (Å²) in [7, 11) is 0. The molecule has 0 radical (unpaired) electrons. The Labute approximate surface area is 126 Å². The van der Waals surface area contributed by atoms with E-state index < -0.39 is 0 Å². The highest BCUT2D eigenvalue weighted by Gasteiger charge is 2.18. The Morgan fingerprint density at radius 3 is 2.53 bits per heavy atom. The van der Waals surface area contributed by atoms with Gasteiger partial charge in [0.05, 0.1) is 10.6 Å². The van der Waals surface area contributed by atoms with Crippen LogP contribution in [0.25, 0.3) is 0 Å². The number of rotatable bonds is 3. The Bertz CT molecular complexity index is 586. The molecular weight excluding hydrogens is 326 g/mol. The van der Waals surface area contributed by atoms with E-state index in [0.29, 0.717) is 17.1 Å². The Balaban J connectivity index is 2.39. The minimum absolute atomic E-state index is 0.0972. The smallest absolute Gasteiger partial charge is 0.259 e. The van der Waals surface area contributed by atoms with E-state index in [1.807, 2.05) is 43.3 Å². The molecule has 0 N–H and O–H groups in total. The molecule has 0 saturated heterocycles. The summed E-state index contributed by atoms with van der Waals surface area (Å²) in [5.74, 6) is -0.0972. The molecule has 2 nitrogen and oxygen atoms in total. The normalized spacial score (nSPS) is 10.3. The summed E-state index contributed by atoms with van der Waals surface area (Å²) in [5, 5.41) is 0.461. The minimum atomic E-state index is -0.0972. The molecule has 2 aromatic carbocycles. The van der Waals surface area contributed by atoms with Gasteiger partial charge in [-0.25, -0.2) is 0 Å². The van der Waals surface area contributed by atoms with Crippen molar-refractivity contribution in [2.45, 2.75) is 6.92 Å². The molecule has 0 atom stereocenters. The molecular formula is C15H13BrClNO. The number of nitrogens with zero attached hydrogens (tertiary/aromatic N) is 1. The Hall–Kier alpha value is -1.32. The van der Waals surface area contributed by atoms with Gasteiger partial charge < -0.3 is 4.90 Å². The molecule has 98 valence electrons. The average Bonchev–Trinajstić information content (AvgIpc) is 2.43. The van der Waals surface area contributed by atoms with Crippen LogP contribution < -0.4 is 4.90 Å². The zero-order chi connectivity index (χ0) is 13.8. The van der Waals surface area contributed by atoms with Crippen LogP contribution in [0.1, 0.15) is 17.3 Å². The van der Waals surface area contributed by atoms with Gasteiger partial charge in [-0.15, -0.1) is 0 Å². The Kier molecular flexibility index (Phi) is 4.61. The fraction of sp³-hybridized carbons (Fsp3) is 0.133. The van der Waals surface area contributed by atoms with Gasteiger partial charge in [-0.3, -0.25) is 4.79 Å². The van der Waals surface area contributed by atoms with Gasteiger partial charge in [-0.2, -0.15) is 0 Å². The van der Waals surface area contributed by atoms with Crippen LogP contribution in [0.15, 0.2) is 53.0 Å². The molecule has 0 heterocycles. The van der Waals surface area contributed by atoms with Crippen molar-refractivity contribution in [3.8, 4) is 0 Å². The highest BCUT2D eigenvalue weighted by Crippen LogP contribution is 2.24. The molecule has 0 aliphatic rings. The standard InChI is InChI=1S/C15H13BrClNO/c1-2-18(12-6-4-3-5-7-12)15(19)13-10-11(16)8-9-14(13)17/h3-10H,2H2,1H3. The fourth-order valence-corrected chi connectivity index (χ4v) is 2.42. The van der Waals surface area contributed by atoms with E-state index in [4.69, 9.17) is 11.6 Å². The van der Waals surface area contributed by atoms with Gasteiger partial charge in [0.2, 0.25) is 0 Å². The number of para-hydroxylation sites is 1. The monoisotopic (exact) mass is 337 g/mol. The van der Waals surface area contributed by atoms with Gasteiger partial charge in [0, 0.05) is 16.7 Å². The van der Waals surface area contributed by atoms with Crippen molar-refractivity contribution in [2.24, 2.45) is 0 Å². The lowest BCUT2D eigenvalue weighted by Gasteiger charge is -2.21. The highest BCUT2D eigenvalue weighted by molar-refractivity contribution is 9.10. The van der Waals surface area contributed by atoms with E-state index in [-0.39, 0.29) is 5.91 Å². The Morgan fingerprint density at radius 1 is 1.21 bits per heavy atom. The maximum Gasteiger partial charge on any atom is 0.259 e. The zero-order valence-electron chi connectivity index (χ0n) is 10.4. The molecule has 0 aliphatic carbocycles. The molecule has 0 bridgehead atoms. The lowest BCUT2D eigenvalue weighted by Crippen LogP contribution is -2.30.